The molecular weight excluding hydrogens is 234 g/mol. The molecule has 1 fully saturated rings. The third-order valence-electron chi connectivity index (χ3n) is 3.49. The minimum Gasteiger partial charge on any atom is -0.480 e. The van der Waals surface area contributed by atoms with Crippen molar-refractivity contribution in [3.63, 3.8) is 0 Å². The predicted molar refractivity (Wildman–Crippen MR) is 66.9 cm³/mol. The van der Waals surface area contributed by atoms with Crippen molar-refractivity contribution in [3.05, 3.63) is 0 Å². The number of carboxylic acid groups (broad SMARTS) is 1. The number of ether oxygens (including phenoxy) is 1. The first-order valence-electron chi connectivity index (χ1n) is 6.38. The lowest BCUT2D eigenvalue weighted by molar-refractivity contribution is -0.180. The summed E-state index contributed by atoms with van der Waals surface area (Å²) >= 11 is 0. The van der Waals surface area contributed by atoms with Crippen molar-refractivity contribution in [2.45, 2.75) is 52.1 Å². The SMILES string of the molecule is CC(C)(C)OC(=O)C1(C(=O)O)CCC(CN)CC1. The molecule has 0 radical (unpaired) electrons. The zero-order valence-corrected chi connectivity index (χ0v) is 11.4. The summed E-state index contributed by atoms with van der Waals surface area (Å²) in [6.45, 7) is 5.77. The van der Waals surface area contributed by atoms with Crippen LogP contribution in [0.15, 0.2) is 0 Å². The maximum atomic E-state index is 12.1. The third kappa shape index (κ3) is 3.22. The summed E-state index contributed by atoms with van der Waals surface area (Å²) in [6.07, 6.45) is 1.97. The van der Waals surface area contributed by atoms with Gasteiger partial charge in [-0.05, 0) is 58.9 Å². The molecule has 1 aliphatic rings. The molecule has 0 heterocycles. The Morgan fingerprint density at radius 1 is 1.33 bits per heavy atom. The highest BCUT2D eigenvalue weighted by Gasteiger charge is 2.50. The molecule has 1 saturated carbocycles. The first-order valence-corrected chi connectivity index (χ1v) is 6.38. The average molecular weight is 257 g/mol. The fraction of sp³-hybridized carbons (Fsp3) is 0.846. The number of aliphatic carboxylic acids is 1. The molecule has 0 unspecified atom stereocenters. The Bertz CT molecular complexity index is 324. The van der Waals surface area contributed by atoms with Gasteiger partial charge in [0, 0.05) is 0 Å². The van der Waals surface area contributed by atoms with E-state index in [1.807, 2.05) is 0 Å². The highest BCUT2D eigenvalue weighted by molar-refractivity contribution is 5.99. The summed E-state index contributed by atoms with van der Waals surface area (Å²) in [7, 11) is 0. The monoisotopic (exact) mass is 257 g/mol. The first kappa shape index (κ1) is 15.0. The fourth-order valence-corrected chi connectivity index (χ4v) is 2.29. The maximum Gasteiger partial charge on any atom is 0.323 e. The van der Waals surface area contributed by atoms with E-state index in [0.717, 1.165) is 0 Å². The molecule has 0 saturated heterocycles. The molecule has 0 bridgehead atoms. The van der Waals surface area contributed by atoms with E-state index in [2.05, 4.69) is 0 Å². The molecule has 0 spiro atoms. The average Bonchev–Trinajstić information content (AvgIpc) is 2.26. The molecule has 3 N–H and O–H groups in total. The van der Waals surface area contributed by atoms with Crippen LogP contribution in [0.3, 0.4) is 0 Å². The molecule has 0 aromatic heterocycles. The molecule has 5 heteroatoms. The molecule has 0 aromatic rings. The lowest BCUT2D eigenvalue weighted by Gasteiger charge is -2.36. The van der Waals surface area contributed by atoms with Crippen LogP contribution in [-0.2, 0) is 14.3 Å². The van der Waals surface area contributed by atoms with Crippen molar-refractivity contribution < 1.29 is 19.4 Å². The van der Waals surface area contributed by atoms with Gasteiger partial charge in [0.2, 0.25) is 0 Å². The van der Waals surface area contributed by atoms with Gasteiger partial charge in [0.05, 0.1) is 0 Å². The van der Waals surface area contributed by atoms with Crippen molar-refractivity contribution in [3.8, 4) is 0 Å². The molecule has 1 rings (SSSR count). The topological polar surface area (TPSA) is 89.6 Å². The number of esters is 1. The van der Waals surface area contributed by atoms with E-state index in [-0.39, 0.29) is 0 Å². The van der Waals surface area contributed by atoms with Gasteiger partial charge in [-0.2, -0.15) is 0 Å². The normalized spacial score (nSPS) is 28.8. The second-order valence-corrected chi connectivity index (χ2v) is 6.07. The Balaban J connectivity index is 2.83. The Kier molecular flexibility index (Phi) is 4.37. The van der Waals surface area contributed by atoms with Gasteiger partial charge < -0.3 is 15.6 Å². The van der Waals surface area contributed by atoms with Gasteiger partial charge in [0.15, 0.2) is 5.41 Å². The number of rotatable bonds is 3. The number of carbonyl (C=O) groups is 2. The van der Waals surface area contributed by atoms with Crippen LogP contribution >= 0.6 is 0 Å². The summed E-state index contributed by atoms with van der Waals surface area (Å²) in [6, 6.07) is 0. The quantitative estimate of drug-likeness (QED) is 0.591. The Morgan fingerprint density at radius 2 is 1.83 bits per heavy atom. The van der Waals surface area contributed by atoms with Crippen molar-refractivity contribution in [2.75, 3.05) is 6.54 Å². The molecular formula is C13H23NO4. The standard InChI is InChI=1S/C13H23NO4/c1-12(2,3)18-11(17)13(10(15)16)6-4-9(8-14)5-7-13/h9H,4-8,14H2,1-3H3,(H,15,16). The number of nitrogens with two attached hydrogens (primary N) is 1. The second kappa shape index (κ2) is 5.26. The van der Waals surface area contributed by atoms with E-state index in [4.69, 9.17) is 10.5 Å². The van der Waals surface area contributed by atoms with Gasteiger partial charge in [-0.3, -0.25) is 9.59 Å². The zero-order valence-electron chi connectivity index (χ0n) is 11.4. The predicted octanol–water partition coefficient (Wildman–Crippen LogP) is 1.55. The van der Waals surface area contributed by atoms with E-state index in [1.54, 1.807) is 20.8 Å². The summed E-state index contributed by atoms with van der Waals surface area (Å²) < 4.78 is 5.26. The van der Waals surface area contributed by atoms with Gasteiger partial charge in [-0.25, -0.2) is 0 Å². The van der Waals surface area contributed by atoms with Gasteiger partial charge in [0.25, 0.3) is 0 Å². The van der Waals surface area contributed by atoms with Crippen molar-refractivity contribution >= 4 is 11.9 Å². The molecule has 1 aliphatic carbocycles. The van der Waals surface area contributed by atoms with Crippen LogP contribution in [-0.4, -0.2) is 29.2 Å². The van der Waals surface area contributed by atoms with Crippen molar-refractivity contribution in [2.24, 2.45) is 17.1 Å². The fourth-order valence-electron chi connectivity index (χ4n) is 2.29. The first-order chi connectivity index (χ1) is 8.21. The highest BCUT2D eigenvalue weighted by atomic mass is 16.6. The summed E-state index contributed by atoms with van der Waals surface area (Å²) in [4.78, 5) is 23.6. The maximum absolute atomic E-state index is 12.1. The number of hydrogen-bond donors (Lipinski definition) is 2. The van der Waals surface area contributed by atoms with E-state index in [0.29, 0.717) is 38.1 Å². The largest absolute Gasteiger partial charge is 0.480 e. The Labute approximate surface area is 108 Å². The highest BCUT2D eigenvalue weighted by Crippen LogP contribution is 2.40. The van der Waals surface area contributed by atoms with Crippen LogP contribution in [0.25, 0.3) is 0 Å². The summed E-state index contributed by atoms with van der Waals surface area (Å²) in [5, 5.41) is 9.38. The third-order valence-corrected chi connectivity index (χ3v) is 3.49. The van der Waals surface area contributed by atoms with Gasteiger partial charge >= 0.3 is 11.9 Å². The second-order valence-electron chi connectivity index (χ2n) is 6.07. The Morgan fingerprint density at radius 3 is 2.17 bits per heavy atom. The number of hydrogen-bond acceptors (Lipinski definition) is 4. The molecule has 18 heavy (non-hydrogen) atoms. The summed E-state index contributed by atoms with van der Waals surface area (Å²) in [5.41, 5.74) is 3.54. The van der Waals surface area contributed by atoms with Crippen LogP contribution in [0.4, 0.5) is 0 Å². The van der Waals surface area contributed by atoms with E-state index in [1.165, 1.54) is 0 Å². The minimum absolute atomic E-state index is 0.319. The van der Waals surface area contributed by atoms with Gasteiger partial charge in [0.1, 0.15) is 5.60 Å². The molecule has 0 aromatic carbocycles. The van der Waals surface area contributed by atoms with Crippen LogP contribution in [0.5, 0.6) is 0 Å². The van der Waals surface area contributed by atoms with Gasteiger partial charge in [-0.15, -0.1) is 0 Å². The minimum atomic E-state index is -1.38. The number of carboxylic acids is 1. The van der Waals surface area contributed by atoms with Crippen molar-refractivity contribution in [1.29, 1.82) is 0 Å². The summed E-state index contributed by atoms with van der Waals surface area (Å²) in [5.74, 6) is -1.37. The lowest BCUT2D eigenvalue weighted by Crippen LogP contribution is -2.46. The number of carbonyl (C=O) groups excluding carboxylic acids is 1. The molecule has 0 atom stereocenters. The van der Waals surface area contributed by atoms with Crippen LogP contribution in [0.2, 0.25) is 0 Å². The molecule has 5 nitrogen and oxygen atoms in total. The van der Waals surface area contributed by atoms with Crippen LogP contribution < -0.4 is 5.73 Å². The van der Waals surface area contributed by atoms with E-state index < -0.39 is 23.0 Å². The smallest absolute Gasteiger partial charge is 0.323 e. The van der Waals surface area contributed by atoms with E-state index >= 15 is 0 Å². The zero-order chi connectivity index (χ0) is 14.0. The molecule has 104 valence electrons. The molecule has 0 aliphatic heterocycles. The lowest BCUT2D eigenvalue weighted by atomic mass is 9.70. The van der Waals surface area contributed by atoms with Crippen molar-refractivity contribution in [1.82, 2.24) is 0 Å². The molecule has 0 amide bonds. The van der Waals surface area contributed by atoms with Gasteiger partial charge in [-0.1, -0.05) is 0 Å². The Hall–Kier alpha value is -1.10. The van der Waals surface area contributed by atoms with Crippen LogP contribution in [0, 0.1) is 11.3 Å². The van der Waals surface area contributed by atoms with E-state index in [9.17, 15) is 14.7 Å². The van der Waals surface area contributed by atoms with Crippen LogP contribution in [0.1, 0.15) is 46.5 Å².